The molecule has 0 bridgehead atoms. The fourth-order valence-electron chi connectivity index (χ4n) is 3.03. The third kappa shape index (κ3) is 2.86. The maximum atomic E-state index is 11.8. The first-order valence-electron chi connectivity index (χ1n) is 7.53. The second-order valence-electron chi connectivity index (χ2n) is 5.65. The highest BCUT2D eigenvalue weighted by atomic mass is 16.2. The molecule has 1 aliphatic heterocycles. The number of likely N-dealkylation sites (tertiary alicyclic amines) is 1. The van der Waals surface area contributed by atoms with Crippen LogP contribution in [-0.2, 0) is 9.59 Å². The van der Waals surface area contributed by atoms with Crippen molar-refractivity contribution >= 4 is 11.8 Å². The Morgan fingerprint density at radius 3 is 2.17 bits per heavy atom. The maximum Gasteiger partial charge on any atom is 0.229 e. The summed E-state index contributed by atoms with van der Waals surface area (Å²) in [6, 6.07) is 17.2. The van der Waals surface area contributed by atoms with Crippen molar-refractivity contribution in [3.05, 3.63) is 59.7 Å². The van der Waals surface area contributed by atoms with E-state index in [2.05, 4.69) is 6.07 Å². The molecular formula is C19H16N2O2. The Hall–Kier alpha value is -2.93. The average molecular weight is 304 g/mol. The van der Waals surface area contributed by atoms with Gasteiger partial charge in [0.2, 0.25) is 11.8 Å². The largest absolute Gasteiger partial charge is 0.275 e. The lowest BCUT2D eigenvalue weighted by atomic mass is 9.99. The molecule has 4 nitrogen and oxygen atoms in total. The summed E-state index contributed by atoms with van der Waals surface area (Å²) in [5.74, 6) is -0.299. The highest BCUT2D eigenvalue weighted by molar-refractivity contribution is 5.96. The number of rotatable bonds is 2. The third-order valence-electron chi connectivity index (χ3n) is 4.19. The van der Waals surface area contributed by atoms with Crippen LogP contribution in [0.2, 0.25) is 0 Å². The van der Waals surface area contributed by atoms with E-state index in [1.165, 1.54) is 11.8 Å². The maximum absolute atomic E-state index is 11.8. The first kappa shape index (κ1) is 15.0. The number of benzene rings is 2. The molecule has 0 aromatic heterocycles. The van der Waals surface area contributed by atoms with Crippen molar-refractivity contribution in [1.29, 1.82) is 5.26 Å². The van der Waals surface area contributed by atoms with Crippen molar-refractivity contribution < 1.29 is 9.59 Å². The quantitative estimate of drug-likeness (QED) is 0.854. The van der Waals surface area contributed by atoms with Gasteiger partial charge in [-0.3, -0.25) is 14.5 Å². The lowest BCUT2D eigenvalue weighted by Gasteiger charge is -2.22. The smallest absolute Gasteiger partial charge is 0.229 e. The van der Waals surface area contributed by atoms with Crippen molar-refractivity contribution in [3.8, 4) is 17.2 Å². The highest BCUT2D eigenvalue weighted by Crippen LogP contribution is 2.33. The normalized spacial score (nSPS) is 17.1. The minimum atomic E-state index is -0.200. The molecule has 2 amide bonds. The minimum absolute atomic E-state index is 0.0985. The van der Waals surface area contributed by atoms with Crippen LogP contribution in [-0.4, -0.2) is 16.7 Å². The molecule has 0 radical (unpaired) electrons. The molecule has 1 aliphatic rings. The van der Waals surface area contributed by atoms with E-state index in [-0.39, 0.29) is 17.9 Å². The first-order chi connectivity index (χ1) is 11.1. The molecular weight excluding hydrogens is 288 g/mol. The Labute approximate surface area is 135 Å². The zero-order valence-electron chi connectivity index (χ0n) is 12.8. The van der Waals surface area contributed by atoms with E-state index < -0.39 is 0 Å². The molecule has 0 saturated carbocycles. The molecule has 1 atom stereocenters. The van der Waals surface area contributed by atoms with Crippen LogP contribution in [0.5, 0.6) is 0 Å². The van der Waals surface area contributed by atoms with Gasteiger partial charge in [-0.15, -0.1) is 0 Å². The number of nitriles is 1. The number of carbonyl (C=O) groups excluding carboxylic acids is 2. The van der Waals surface area contributed by atoms with Gasteiger partial charge < -0.3 is 0 Å². The van der Waals surface area contributed by atoms with Crippen molar-refractivity contribution in [2.75, 3.05) is 0 Å². The molecule has 2 aromatic rings. The van der Waals surface area contributed by atoms with Gasteiger partial charge in [0, 0.05) is 13.3 Å². The Kier molecular flexibility index (Phi) is 3.94. The van der Waals surface area contributed by atoms with Crippen LogP contribution in [0.4, 0.5) is 0 Å². The second-order valence-corrected chi connectivity index (χ2v) is 5.65. The van der Waals surface area contributed by atoms with E-state index in [1.54, 1.807) is 12.1 Å². The fourth-order valence-corrected chi connectivity index (χ4v) is 3.03. The summed E-state index contributed by atoms with van der Waals surface area (Å²) < 4.78 is 0. The molecule has 23 heavy (non-hydrogen) atoms. The van der Waals surface area contributed by atoms with E-state index in [4.69, 9.17) is 5.26 Å². The number of imide groups is 1. The standard InChI is InChI=1S/C19H16N2O2/c1-13(22)21-18(10-11-19(21)23)17-8-6-16(7-9-17)15-4-2-14(12-20)3-5-15/h2-9,18H,10-11H2,1H3/t18-/m1/s1. The number of hydrogen-bond acceptors (Lipinski definition) is 3. The molecule has 2 aromatic carbocycles. The van der Waals surface area contributed by atoms with Crippen LogP contribution in [0.3, 0.4) is 0 Å². The zero-order valence-corrected chi connectivity index (χ0v) is 12.8. The molecule has 1 heterocycles. The summed E-state index contributed by atoms with van der Waals surface area (Å²) in [7, 11) is 0. The molecule has 0 N–H and O–H groups in total. The van der Waals surface area contributed by atoms with E-state index in [0.717, 1.165) is 16.7 Å². The van der Waals surface area contributed by atoms with Gasteiger partial charge in [0.1, 0.15) is 0 Å². The Bertz CT molecular complexity index is 786. The van der Waals surface area contributed by atoms with Gasteiger partial charge >= 0.3 is 0 Å². The van der Waals surface area contributed by atoms with Gasteiger partial charge in [0.25, 0.3) is 0 Å². The molecule has 4 heteroatoms. The van der Waals surface area contributed by atoms with Gasteiger partial charge in [-0.1, -0.05) is 36.4 Å². The van der Waals surface area contributed by atoms with Crippen molar-refractivity contribution in [2.45, 2.75) is 25.8 Å². The van der Waals surface area contributed by atoms with Crippen LogP contribution >= 0.6 is 0 Å². The van der Waals surface area contributed by atoms with Crippen LogP contribution in [0.1, 0.15) is 36.9 Å². The number of amides is 2. The van der Waals surface area contributed by atoms with E-state index in [1.807, 2.05) is 36.4 Å². The van der Waals surface area contributed by atoms with E-state index in [9.17, 15) is 9.59 Å². The summed E-state index contributed by atoms with van der Waals surface area (Å²) >= 11 is 0. The Morgan fingerprint density at radius 1 is 1.09 bits per heavy atom. The summed E-state index contributed by atoms with van der Waals surface area (Å²) in [5, 5.41) is 8.84. The monoisotopic (exact) mass is 304 g/mol. The van der Waals surface area contributed by atoms with Gasteiger partial charge in [0.15, 0.2) is 0 Å². The third-order valence-corrected chi connectivity index (χ3v) is 4.19. The topological polar surface area (TPSA) is 61.2 Å². The van der Waals surface area contributed by atoms with Crippen LogP contribution in [0, 0.1) is 11.3 Å². The van der Waals surface area contributed by atoms with Gasteiger partial charge in [-0.2, -0.15) is 5.26 Å². The highest BCUT2D eigenvalue weighted by Gasteiger charge is 2.34. The molecule has 1 fully saturated rings. The second kappa shape index (κ2) is 6.05. The van der Waals surface area contributed by atoms with E-state index in [0.29, 0.717) is 18.4 Å². The number of hydrogen-bond donors (Lipinski definition) is 0. The molecule has 0 unspecified atom stereocenters. The van der Waals surface area contributed by atoms with Crippen LogP contribution in [0.15, 0.2) is 48.5 Å². The summed E-state index contributed by atoms with van der Waals surface area (Å²) in [4.78, 5) is 24.9. The lowest BCUT2D eigenvalue weighted by Crippen LogP contribution is -2.32. The predicted octanol–water partition coefficient (Wildman–Crippen LogP) is 3.44. The summed E-state index contributed by atoms with van der Waals surface area (Å²) in [5.41, 5.74) is 3.67. The van der Waals surface area contributed by atoms with Crippen molar-refractivity contribution in [3.63, 3.8) is 0 Å². The van der Waals surface area contributed by atoms with E-state index >= 15 is 0 Å². The van der Waals surface area contributed by atoms with Gasteiger partial charge in [-0.05, 0) is 35.2 Å². The fraction of sp³-hybridized carbons (Fsp3) is 0.211. The average Bonchev–Trinajstić information content (AvgIpc) is 2.97. The minimum Gasteiger partial charge on any atom is -0.275 e. The summed E-state index contributed by atoms with van der Waals surface area (Å²) in [6.45, 7) is 1.43. The zero-order chi connectivity index (χ0) is 16.4. The Balaban J connectivity index is 1.86. The molecule has 1 saturated heterocycles. The molecule has 0 spiro atoms. The lowest BCUT2D eigenvalue weighted by molar-refractivity contribution is -0.142. The number of nitrogens with zero attached hydrogens (tertiary/aromatic N) is 2. The molecule has 114 valence electrons. The predicted molar refractivity (Wildman–Crippen MR) is 86.1 cm³/mol. The SMILES string of the molecule is CC(=O)N1C(=O)CC[C@@H]1c1ccc(-c2ccc(C#N)cc2)cc1. The van der Waals surface area contributed by atoms with Crippen molar-refractivity contribution in [1.82, 2.24) is 4.90 Å². The van der Waals surface area contributed by atoms with Crippen molar-refractivity contribution in [2.24, 2.45) is 0 Å². The van der Waals surface area contributed by atoms with Crippen LogP contribution < -0.4 is 0 Å². The van der Waals surface area contributed by atoms with Crippen LogP contribution in [0.25, 0.3) is 11.1 Å². The molecule has 3 rings (SSSR count). The number of carbonyl (C=O) groups is 2. The van der Waals surface area contributed by atoms with Gasteiger partial charge in [0.05, 0.1) is 17.7 Å². The summed E-state index contributed by atoms with van der Waals surface area (Å²) in [6.07, 6.45) is 1.09. The first-order valence-corrected chi connectivity index (χ1v) is 7.53. The Morgan fingerprint density at radius 2 is 1.65 bits per heavy atom. The van der Waals surface area contributed by atoms with Gasteiger partial charge in [-0.25, -0.2) is 0 Å². The molecule has 0 aliphatic carbocycles.